The van der Waals surface area contributed by atoms with Crippen LogP contribution in [0, 0.1) is 11.8 Å². The molecule has 1 N–H and O–H groups in total. The Bertz CT molecular complexity index is 708. The molecule has 2 amide bonds. The molecule has 2 fully saturated rings. The van der Waals surface area contributed by atoms with E-state index in [0.29, 0.717) is 44.4 Å². The van der Waals surface area contributed by atoms with Crippen molar-refractivity contribution in [2.75, 3.05) is 19.7 Å². The predicted octanol–water partition coefficient (Wildman–Crippen LogP) is 3.45. The van der Waals surface area contributed by atoms with Crippen LogP contribution in [0.4, 0.5) is 0 Å². The van der Waals surface area contributed by atoms with Crippen molar-refractivity contribution < 1.29 is 14.3 Å². The standard InChI is InChI=1S/C23H32N2O3/c26-22(24-15-19-5-6-19)10-8-18-7-9-21-20(13-18)16-25(11-12-28-21)23(27)14-17-3-1-2-4-17/h7,9,13,17,19H,1-6,8,10-12,14-16H2,(H,24,26). The zero-order valence-corrected chi connectivity index (χ0v) is 16.8. The zero-order valence-electron chi connectivity index (χ0n) is 16.8. The molecule has 2 aliphatic carbocycles. The molecule has 0 radical (unpaired) electrons. The van der Waals surface area contributed by atoms with Gasteiger partial charge in [-0.25, -0.2) is 0 Å². The van der Waals surface area contributed by atoms with E-state index in [1.807, 2.05) is 17.0 Å². The number of aryl methyl sites for hydroxylation is 1. The molecule has 3 aliphatic rings. The molecular formula is C23H32N2O3. The molecule has 0 atom stereocenters. The molecule has 5 heteroatoms. The maximum Gasteiger partial charge on any atom is 0.223 e. The molecule has 2 saturated carbocycles. The lowest BCUT2D eigenvalue weighted by Crippen LogP contribution is -2.33. The number of carbonyl (C=O) groups excluding carboxylic acids is 2. The number of nitrogens with zero attached hydrogens (tertiary/aromatic N) is 1. The van der Waals surface area contributed by atoms with Crippen LogP contribution < -0.4 is 10.1 Å². The molecule has 1 aromatic rings. The third kappa shape index (κ3) is 5.27. The summed E-state index contributed by atoms with van der Waals surface area (Å²) in [6, 6.07) is 6.16. The highest BCUT2D eigenvalue weighted by molar-refractivity contribution is 5.77. The summed E-state index contributed by atoms with van der Waals surface area (Å²) in [5.74, 6) is 2.54. The van der Waals surface area contributed by atoms with E-state index in [4.69, 9.17) is 4.74 Å². The first kappa shape index (κ1) is 19.3. The molecule has 0 bridgehead atoms. The fraction of sp³-hybridized carbons (Fsp3) is 0.652. The van der Waals surface area contributed by atoms with Crippen LogP contribution in [0.2, 0.25) is 0 Å². The number of fused-ring (bicyclic) bond motifs is 1. The van der Waals surface area contributed by atoms with Gasteiger partial charge in [-0.1, -0.05) is 25.0 Å². The Hall–Kier alpha value is -2.04. The lowest BCUT2D eigenvalue weighted by Gasteiger charge is -2.22. The average Bonchev–Trinajstić information content (AvgIpc) is 3.44. The maximum absolute atomic E-state index is 12.8. The average molecular weight is 385 g/mol. The van der Waals surface area contributed by atoms with Crippen LogP contribution >= 0.6 is 0 Å². The lowest BCUT2D eigenvalue weighted by atomic mass is 10.0. The second-order valence-electron chi connectivity index (χ2n) is 8.71. The molecule has 152 valence electrons. The maximum atomic E-state index is 12.8. The Morgan fingerprint density at radius 1 is 1.11 bits per heavy atom. The van der Waals surface area contributed by atoms with Crippen molar-refractivity contribution in [3.8, 4) is 5.75 Å². The third-order valence-electron chi connectivity index (χ3n) is 6.32. The minimum atomic E-state index is 0.131. The summed E-state index contributed by atoms with van der Waals surface area (Å²) < 4.78 is 5.88. The van der Waals surface area contributed by atoms with Crippen LogP contribution in [0.3, 0.4) is 0 Å². The fourth-order valence-electron chi connectivity index (χ4n) is 4.33. The van der Waals surface area contributed by atoms with Gasteiger partial charge in [0.2, 0.25) is 11.8 Å². The van der Waals surface area contributed by atoms with Gasteiger partial charge >= 0.3 is 0 Å². The van der Waals surface area contributed by atoms with E-state index < -0.39 is 0 Å². The van der Waals surface area contributed by atoms with E-state index in [9.17, 15) is 9.59 Å². The predicted molar refractivity (Wildman–Crippen MR) is 108 cm³/mol. The SMILES string of the molecule is O=C(CCc1ccc2c(c1)CN(C(=O)CC1CCCC1)CCO2)NCC1CC1. The quantitative estimate of drug-likeness (QED) is 0.783. The van der Waals surface area contributed by atoms with Gasteiger partial charge in [-0.05, 0) is 55.6 Å². The van der Waals surface area contributed by atoms with Gasteiger partial charge in [0.15, 0.2) is 0 Å². The van der Waals surface area contributed by atoms with Crippen molar-refractivity contribution in [1.82, 2.24) is 10.2 Å². The number of nitrogens with one attached hydrogen (secondary N) is 1. The van der Waals surface area contributed by atoms with E-state index in [1.54, 1.807) is 0 Å². The third-order valence-corrected chi connectivity index (χ3v) is 6.32. The molecule has 0 spiro atoms. The van der Waals surface area contributed by atoms with E-state index in [0.717, 1.165) is 29.8 Å². The molecule has 0 aromatic heterocycles. The number of hydrogen-bond acceptors (Lipinski definition) is 3. The molecule has 0 unspecified atom stereocenters. The first-order valence-corrected chi connectivity index (χ1v) is 11.0. The van der Waals surface area contributed by atoms with Gasteiger partial charge < -0.3 is 15.0 Å². The largest absolute Gasteiger partial charge is 0.491 e. The summed E-state index contributed by atoms with van der Waals surface area (Å²) in [6.07, 6.45) is 9.33. The number of carbonyl (C=O) groups is 2. The fourth-order valence-corrected chi connectivity index (χ4v) is 4.33. The topological polar surface area (TPSA) is 58.6 Å². The smallest absolute Gasteiger partial charge is 0.223 e. The number of benzene rings is 1. The molecule has 1 aromatic carbocycles. The summed E-state index contributed by atoms with van der Waals surface area (Å²) in [7, 11) is 0. The van der Waals surface area contributed by atoms with E-state index in [-0.39, 0.29) is 11.8 Å². The molecular weight excluding hydrogens is 352 g/mol. The summed E-state index contributed by atoms with van der Waals surface area (Å²) >= 11 is 0. The number of amides is 2. The van der Waals surface area contributed by atoms with Gasteiger partial charge in [-0.2, -0.15) is 0 Å². The highest BCUT2D eigenvalue weighted by atomic mass is 16.5. The Labute approximate surface area is 167 Å². The zero-order chi connectivity index (χ0) is 19.3. The molecule has 4 rings (SSSR count). The Morgan fingerprint density at radius 2 is 1.93 bits per heavy atom. The number of hydrogen-bond donors (Lipinski definition) is 1. The van der Waals surface area contributed by atoms with Crippen LogP contribution in [0.15, 0.2) is 18.2 Å². The first-order valence-electron chi connectivity index (χ1n) is 11.0. The second kappa shape index (κ2) is 8.97. The van der Waals surface area contributed by atoms with E-state index in [1.165, 1.54) is 38.5 Å². The molecule has 5 nitrogen and oxygen atoms in total. The molecule has 1 heterocycles. The molecule has 28 heavy (non-hydrogen) atoms. The van der Waals surface area contributed by atoms with E-state index in [2.05, 4.69) is 11.4 Å². The van der Waals surface area contributed by atoms with Crippen molar-refractivity contribution in [1.29, 1.82) is 0 Å². The van der Waals surface area contributed by atoms with Gasteiger partial charge in [-0.3, -0.25) is 9.59 Å². The van der Waals surface area contributed by atoms with Crippen molar-refractivity contribution in [3.63, 3.8) is 0 Å². The lowest BCUT2D eigenvalue weighted by molar-refractivity contribution is -0.133. The summed E-state index contributed by atoms with van der Waals surface area (Å²) in [5, 5.41) is 3.03. The minimum Gasteiger partial charge on any atom is -0.491 e. The van der Waals surface area contributed by atoms with Crippen molar-refractivity contribution >= 4 is 11.8 Å². The van der Waals surface area contributed by atoms with Crippen molar-refractivity contribution in [2.45, 2.75) is 64.3 Å². The molecule has 0 saturated heterocycles. The Morgan fingerprint density at radius 3 is 2.71 bits per heavy atom. The highest BCUT2D eigenvalue weighted by Gasteiger charge is 2.25. The minimum absolute atomic E-state index is 0.131. The van der Waals surface area contributed by atoms with Crippen LogP contribution in [0.1, 0.15) is 62.5 Å². The number of ether oxygens (including phenoxy) is 1. The van der Waals surface area contributed by atoms with Gasteiger partial charge in [0.1, 0.15) is 12.4 Å². The normalized spacial score (nSPS) is 19.6. The van der Waals surface area contributed by atoms with Crippen LogP contribution in [0.5, 0.6) is 5.75 Å². The summed E-state index contributed by atoms with van der Waals surface area (Å²) in [5.41, 5.74) is 2.20. The first-order chi connectivity index (χ1) is 13.7. The monoisotopic (exact) mass is 384 g/mol. The van der Waals surface area contributed by atoms with Crippen molar-refractivity contribution in [3.05, 3.63) is 29.3 Å². The van der Waals surface area contributed by atoms with Crippen LogP contribution in [-0.4, -0.2) is 36.4 Å². The summed E-state index contributed by atoms with van der Waals surface area (Å²) in [6.45, 7) is 2.64. The highest BCUT2D eigenvalue weighted by Crippen LogP contribution is 2.30. The van der Waals surface area contributed by atoms with Crippen LogP contribution in [-0.2, 0) is 22.6 Å². The van der Waals surface area contributed by atoms with Gasteiger partial charge in [0.25, 0.3) is 0 Å². The number of rotatable bonds is 7. The molecule has 1 aliphatic heterocycles. The Balaban J connectivity index is 1.33. The van der Waals surface area contributed by atoms with E-state index >= 15 is 0 Å². The van der Waals surface area contributed by atoms with Crippen LogP contribution in [0.25, 0.3) is 0 Å². The van der Waals surface area contributed by atoms with Gasteiger partial charge in [0, 0.05) is 31.5 Å². The summed E-state index contributed by atoms with van der Waals surface area (Å²) in [4.78, 5) is 26.7. The second-order valence-corrected chi connectivity index (χ2v) is 8.71. The Kier molecular flexibility index (Phi) is 6.18. The van der Waals surface area contributed by atoms with Gasteiger partial charge in [0.05, 0.1) is 6.54 Å². The van der Waals surface area contributed by atoms with Crippen molar-refractivity contribution in [2.24, 2.45) is 11.8 Å². The van der Waals surface area contributed by atoms with Gasteiger partial charge in [-0.15, -0.1) is 0 Å².